The van der Waals surface area contributed by atoms with Crippen molar-refractivity contribution in [2.45, 2.75) is 13.1 Å². The maximum Gasteiger partial charge on any atom is 0.315 e. The summed E-state index contributed by atoms with van der Waals surface area (Å²) in [5, 5.41) is 6.54. The number of benzene rings is 1. The molecule has 2 rings (SSSR count). The molecule has 0 saturated heterocycles. The normalized spacial score (nSPS) is 10.1. The zero-order valence-electron chi connectivity index (χ0n) is 10.6. The van der Waals surface area contributed by atoms with Crippen LogP contribution in [-0.2, 0) is 13.1 Å². The molecule has 0 unspecified atom stereocenters. The van der Waals surface area contributed by atoms with Crippen LogP contribution in [0.4, 0.5) is 4.79 Å². The molecule has 20 heavy (non-hydrogen) atoms. The quantitative estimate of drug-likeness (QED) is 0.909. The van der Waals surface area contributed by atoms with Crippen LogP contribution in [0.3, 0.4) is 0 Å². The Kier molecular flexibility index (Phi) is 5.21. The first-order valence-corrected chi connectivity index (χ1v) is 6.76. The molecular weight excluding hydrogens is 297 g/mol. The second-order valence-electron chi connectivity index (χ2n) is 4.09. The number of rotatable bonds is 4. The van der Waals surface area contributed by atoms with Gasteiger partial charge in [0.15, 0.2) is 0 Å². The number of hydrogen-bond donors (Lipinski definition) is 2. The van der Waals surface area contributed by atoms with E-state index in [-0.39, 0.29) is 6.03 Å². The minimum atomic E-state index is -0.276. The summed E-state index contributed by atoms with van der Waals surface area (Å²) in [5.41, 5.74) is 1.61. The van der Waals surface area contributed by atoms with Crippen LogP contribution in [-0.4, -0.2) is 11.0 Å². The van der Waals surface area contributed by atoms with Gasteiger partial charge in [-0.3, -0.25) is 4.98 Å². The fraction of sp³-hybridized carbons (Fsp3) is 0.143. The Morgan fingerprint density at radius 3 is 2.60 bits per heavy atom. The molecule has 0 aliphatic carbocycles. The van der Waals surface area contributed by atoms with Crippen molar-refractivity contribution in [2.75, 3.05) is 0 Å². The van der Waals surface area contributed by atoms with E-state index in [1.54, 1.807) is 24.4 Å². The lowest BCUT2D eigenvalue weighted by Crippen LogP contribution is -2.34. The average Bonchev–Trinajstić information content (AvgIpc) is 2.45. The molecule has 0 aliphatic heterocycles. The van der Waals surface area contributed by atoms with E-state index in [0.717, 1.165) is 11.3 Å². The van der Waals surface area contributed by atoms with Gasteiger partial charge >= 0.3 is 6.03 Å². The highest BCUT2D eigenvalue weighted by Crippen LogP contribution is 2.20. The molecular formula is C14H13Cl2N3O. The van der Waals surface area contributed by atoms with Gasteiger partial charge in [-0.25, -0.2) is 4.79 Å². The number of halogens is 2. The monoisotopic (exact) mass is 309 g/mol. The zero-order chi connectivity index (χ0) is 14.4. The average molecular weight is 310 g/mol. The lowest BCUT2D eigenvalue weighted by Gasteiger charge is -2.08. The Bertz CT molecular complexity index is 590. The number of carbonyl (C=O) groups is 1. The van der Waals surface area contributed by atoms with Gasteiger partial charge in [-0.15, -0.1) is 0 Å². The topological polar surface area (TPSA) is 54.0 Å². The summed E-state index contributed by atoms with van der Waals surface area (Å²) in [4.78, 5) is 15.8. The van der Waals surface area contributed by atoms with Crippen molar-refractivity contribution < 1.29 is 4.79 Å². The van der Waals surface area contributed by atoms with Gasteiger partial charge in [0, 0.05) is 22.8 Å². The molecule has 1 aromatic carbocycles. The molecule has 0 saturated carbocycles. The third-order valence-corrected chi connectivity index (χ3v) is 3.20. The Morgan fingerprint density at radius 2 is 1.90 bits per heavy atom. The highest BCUT2D eigenvalue weighted by molar-refractivity contribution is 6.35. The summed E-state index contributed by atoms with van der Waals surface area (Å²) >= 11 is 11.8. The van der Waals surface area contributed by atoms with Crippen LogP contribution in [0, 0.1) is 0 Å². The first-order chi connectivity index (χ1) is 9.65. The summed E-state index contributed by atoms with van der Waals surface area (Å²) < 4.78 is 0. The minimum Gasteiger partial charge on any atom is -0.334 e. The van der Waals surface area contributed by atoms with Gasteiger partial charge in [0.2, 0.25) is 0 Å². The van der Waals surface area contributed by atoms with Gasteiger partial charge in [-0.05, 0) is 29.8 Å². The van der Waals surface area contributed by atoms with Crippen LogP contribution < -0.4 is 10.6 Å². The largest absolute Gasteiger partial charge is 0.334 e. The fourth-order valence-electron chi connectivity index (χ4n) is 1.58. The van der Waals surface area contributed by atoms with Crippen LogP contribution in [0.1, 0.15) is 11.3 Å². The predicted molar refractivity (Wildman–Crippen MR) is 79.8 cm³/mol. The predicted octanol–water partition coefficient (Wildman–Crippen LogP) is 3.39. The van der Waals surface area contributed by atoms with Gasteiger partial charge in [-0.1, -0.05) is 35.3 Å². The van der Waals surface area contributed by atoms with Crippen molar-refractivity contribution in [1.82, 2.24) is 15.6 Å². The lowest BCUT2D eigenvalue weighted by atomic mass is 10.2. The molecule has 1 heterocycles. The Labute approximate surface area is 127 Å². The van der Waals surface area contributed by atoms with Crippen LogP contribution in [0.15, 0.2) is 42.6 Å². The Hall–Kier alpha value is -1.78. The SMILES string of the molecule is O=C(NCc1ccccn1)NCc1ccc(Cl)cc1Cl. The molecule has 6 heteroatoms. The van der Waals surface area contributed by atoms with E-state index in [1.807, 2.05) is 18.2 Å². The molecule has 2 aromatic rings. The molecule has 1 aromatic heterocycles. The van der Waals surface area contributed by atoms with Crippen molar-refractivity contribution in [3.63, 3.8) is 0 Å². The minimum absolute atomic E-state index is 0.276. The number of pyridine rings is 1. The summed E-state index contributed by atoms with van der Waals surface area (Å²) in [6, 6.07) is 10.4. The smallest absolute Gasteiger partial charge is 0.315 e. The summed E-state index contributed by atoms with van der Waals surface area (Å²) in [5.74, 6) is 0. The fourth-order valence-corrected chi connectivity index (χ4v) is 2.05. The number of carbonyl (C=O) groups excluding carboxylic acids is 1. The van der Waals surface area contributed by atoms with Crippen molar-refractivity contribution >= 4 is 29.2 Å². The van der Waals surface area contributed by atoms with E-state index in [4.69, 9.17) is 23.2 Å². The van der Waals surface area contributed by atoms with Gasteiger partial charge in [0.25, 0.3) is 0 Å². The molecule has 0 fully saturated rings. The highest BCUT2D eigenvalue weighted by atomic mass is 35.5. The molecule has 2 amide bonds. The van der Waals surface area contributed by atoms with Crippen LogP contribution in [0.5, 0.6) is 0 Å². The van der Waals surface area contributed by atoms with Crippen molar-refractivity contribution in [1.29, 1.82) is 0 Å². The maximum atomic E-state index is 11.6. The number of hydrogen-bond acceptors (Lipinski definition) is 2. The summed E-state index contributed by atoms with van der Waals surface area (Å²) in [6.45, 7) is 0.713. The molecule has 0 atom stereocenters. The molecule has 0 spiro atoms. The molecule has 4 nitrogen and oxygen atoms in total. The molecule has 0 bridgehead atoms. The summed E-state index contributed by atoms with van der Waals surface area (Å²) in [7, 11) is 0. The second kappa shape index (κ2) is 7.12. The van der Waals surface area contributed by atoms with E-state index in [1.165, 1.54) is 0 Å². The third kappa shape index (κ3) is 4.40. The molecule has 2 N–H and O–H groups in total. The molecule has 0 radical (unpaired) electrons. The third-order valence-electron chi connectivity index (χ3n) is 2.61. The van der Waals surface area contributed by atoms with Crippen molar-refractivity contribution in [3.8, 4) is 0 Å². The van der Waals surface area contributed by atoms with E-state index in [0.29, 0.717) is 23.1 Å². The van der Waals surface area contributed by atoms with Gasteiger partial charge in [0.1, 0.15) is 0 Å². The lowest BCUT2D eigenvalue weighted by molar-refractivity contribution is 0.240. The molecule has 0 aliphatic rings. The zero-order valence-corrected chi connectivity index (χ0v) is 12.1. The van der Waals surface area contributed by atoms with Gasteiger partial charge in [0.05, 0.1) is 12.2 Å². The first-order valence-electron chi connectivity index (χ1n) is 6.00. The van der Waals surface area contributed by atoms with Crippen LogP contribution >= 0.6 is 23.2 Å². The van der Waals surface area contributed by atoms with Gasteiger partial charge < -0.3 is 10.6 Å². The van der Waals surface area contributed by atoms with Crippen molar-refractivity contribution in [2.24, 2.45) is 0 Å². The Balaban J connectivity index is 1.80. The number of urea groups is 1. The van der Waals surface area contributed by atoms with E-state index in [9.17, 15) is 4.79 Å². The first kappa shape index (κ1) is 14.6. The van der Waals surface area contributed by atoms with Crippen LogP contribution in [0.25, 0.3) is 0 Å². The highest BCUT2D eigenvalue weighted by Gasteiger charge is 2.04. The van der Waals surface area contributed by atoms with E-state index < -0.39 is 0 Å². The van der Waals surface area contributed by atoms with Gasteiger partial charge in [-0.2, -0.15) is 0 Å². The summed E-state index contributed by atoms with van der Waals surface area (Å²) in [6.07, 6.45) is 1.68. The second-order valence-corrected chi connectivity index (χ2v) is 4.94. The van der Waals surface area contributed by atoms with Crippen molar-refractivity contribution in [3.05, 3.63) is 63.9 Å². The number of aromatic nitrogens is 1. The number of nitrogens with one attached hydrogen (secondary N) is 2. The van der Waals surface area contributed by atoms with E-state index in [2.05, 4.69) is 15.6 Å². The van der Waals surface area contributed by atoms with E-state index >= 15 is 0 Å². The maximum absolute atomic E-state index is 11.6. The molecule has 104 valence electrons. The Morgan fingerprint density at radius 1 is 1.10 bits per heavy atom. The standard InChI is InChI=1S/C14H13Cl2N3O/c15-11-5-4-10(13(16)7-11)8-18-14(20)19-9-12-3-1-2-6-17-12/h1-7H,8-9H2,(H2,18,19,20). The van der Waals surface area contributed by atoms with Crippen LogP contribution in [0.2, 0.25) is 10.0 Å². The number of amides is 2. The number of nitrogens with zero attached hydrogens (tertiary/aromatic N) is 1.